The van der Waals surface area contributed by atoms with E-state index in [1.807, 2.05) is 22.4 Å². The molecule has 2 aromatic rings. The third-order valence-electron chi connectivity index (χ3n) is 3.80. The minimum Gasteiger partial charge on any atom is -0.364 e. The molecule has 134 valence electrons. The molecule has 1 aliphatic heterocycles. The van der Waals surface area contributed by atoms with Crippen LogP contribution in [0.3, 0.4) is 0 Å². The molecule has 2 heterocycles. The predicted octanol–water partition coefficient (Wildman–Crippen LogP) is 2.36. The second kappa shape index (κ2) is 8.07. The van der Waals surface area contributed by atoms with Crippen LogP contribution in [0.2, 0.25) is 0 Å². The maximum atomic E-state index is 12.3. The maximum absolute atomic E-state index is 12.3. The van der Waals surface area contributed by atoms with Crippen molar-refractivity contribution in [2.45, 2.75) is 6.54 Å². The van der Waals surface area contributed by atoms with Crippen LogP contribution in [0.4, 0.5) is 0 Å². The molecular formula is C17H16N4O3S2. The van der Waals surface area contributed by atoms with E-state index in [0.29, 0.717) is 31.0 Å². The fraction of sp³-hybridized carbons (Fsp3) is 0.176. The largest absolute Gasteiger partial charge is 0.364 e. The van der Waals surface area contributed by atoms with Crippen LogP contribution >= 0.6 is 23.6 Å². The number of thiocarbonyl (C=S) groups is 1. The van der Waals surface area contributed by atoms with Crippen LogP contribution in [0.15, 0.2) is 59.4 Å². The van der Waals surface area contributed by atoms with Crippen LogP contribution < -0.4 is 10.6 Å². The van der Waals surface area contributed by atoms with Crippen molar-refractivity contribution in [2.75, 3.05) is 13.1 Å². The summed E-state index contributed by atoms with van der Waals surface area (Å²) in [5.74, 6) is -0.139. The molecule has 0 bridgehead atoms. The number of carbonyl (C=O) groups is 1. The minimum atomic E-state index is -0.553. The number of amides is 1. The van der Waals surface area contributed by atoms with Crippen molar-refractivity contribution in [3.63, 3.8) is 0 Å². The van der Waals surface area contributed by atoms with Crippen LogP contribution in [0.25, 0.3) is 0 Å². The van der Waals surface area contributed by atoms with Gasteiger partial charge in [-0.1, -0.05) is 36.5 Å². The first-order valence-corrected chi connectivity index (χ1v) is 9.15. The number of benzene rings is 1. The van der Waals surface area contributed by atoms with Gasteiger partial charge < -0.3 is 15.5 Å². The van der Waals surface area contributed by atoms with Gasteiger partial charge in [-0.15, -0.1) is 11.3 Å². The fourth-order valence-electron chi connectivity index (χ4n) is 2.62. The van der Waals surface area contributed by atoms with Crippen molar-refractivity contribution in [1.29, 1.82) is 0 Å². The lowest BCUT2D eigenvalue weighted by molar-refractivity contribution is -0.417. The Labute approximate surface area is 159 Å². The second-order valence-corrected chi connectivity index (χ2v) is 6.97. The molecule has 26 heavy (non-hydrogen) atoms. The first-order valence-electron chi connectivity index (χ1n) is 7.87. The molecule has 0 spiro atoms. The van der Waals surface area contributed by atoms with Gasteiger partial charge in [0.1, 0.15) is 0 Å². The molecular weight excluding hydrogens is 372 g/mol. The number of nitro groups is 1. The first-order chi connectivity index (χ1) is 12.6. The Morgan fingerprint density at radius 3 is 2.73 bits per heavy atom. The molecule has 7 nitrogen and oxygen atoms in total. The summed E-state index contributed by atoms with van der Waals surface area (Å²) in [5, 5.41) is 19.1. The summed E-state index contributed by atoms with van der Waals surface area (Å²) in [6.07, 6.45) is 0. The van der Waals surface area contributed by atoms with Gasteiger partial charge in [0, 0.05) is 23.5 Å². The number of nitrogens with zero attached hydrogens (tertiary/aromatic N) is 2. The van der Waals surface area contributed by atoms with Crippen molar-refractivity contribution < 1.29 is 9.72 Å². The molecule has 1 saturated heterocycles. The van der Waals surface area contributed by atoms with Gasteiger partial charge in [-0.2, -0.15) is 0 Å². The Bertz CT molecular complexity index is 850. The van der Waals surface area contributed by atoms with E-state index in [1.54, 1.807) is 41.7 Å². The molecule has 0 aliphatic carbocycles. The van der Waals surface area contributed by atoms with E-state index in [0.717, 1.165) is 4.88 Å². The summed E-state index contributed by atoms with van der Waals surface area (Å²) >= 11 is 6.75. The summed E-state index contributed by atoms with van der Waals surface area (Å²) in [6, 6.07) is 12.4. The first kappa shape index (κ1) is 18.0. The molecule has 0 unspecified atom stereocenters. The van der Waals surface area contributed by atoms with E-state index in [4.69, 9.17) is 12.2 Å². The average molecular weight is 388 g/mol. The highest BCUT2D eigenvalue weighted by molar-refractivity contribution is 7.80. The molecule has 1 aliphatic rings. The molecule has 0 atom stereocenters. The monoisotopic (exact) mass is 388 g/mol. The third-order valence-corrected chi connectivity index (χ3v) is 4.96. The van der Waals surface area contributed by atoms with Crippen LogP contribution in [-0.2, 0) is 6.54 Å². The molecule has 1 aromatic carbocycles. The zero-order chi connectivity index (χ0) is 18.5. The molecule has 0 saturated carbocycles. The second-order valence-electron chi connectivity index (χ2n) is 5.53. The van der Waals surface area contributed by atoms with Crippen molar-refractivity contribution in [3.05, 3.63) is 79.9 Å². The van der Waals surface area contributed by atoms with Crippen LogP contribution in [-0.4, -0.2) is 33.8 Å². The fourth-order valence-corrected chi connectivity index (χ4v) is 3.60. The van der Waals surface area contributed by atoms with Gasteiger partial charge in [0.25, 0.3) is 5.91 Å². The van der Waals surface area contributed by atoms with E-state index in [2.05, 4.69) is 10.6 Å². The lowest BCUT2D eigenvalue weighted by Gasteiger charge is -2.18. The molecule has 1 amide bonds. The molecule has 2 N–H and O–H groups in total. The normalized spacial score (nSPS) is 15.3. The average Bonchev–Trinajstić information content (AvgIpc) is 3.29. The lowest BCUT2D eigenvalue weighted by Crippen LogP contribution is -2.36. The van der Waals surface area contributed by atoms with Crippen LogP contribution in [0, 0.1) is 10.1 Å². The van der Waals surface area contributed by atoms with E-state index >= 15 is 0 Å². The lowest BCUT2D eigenvalue weighted by atomic mass is 10.2. The molecule has 9 heteroatoms. The number of rotatable bonds is 5. The van der Waals surface area contributed by atoms with Crippen LogP contribution in [0.5, 0.6) is 0 Å². The summed E-state index contributed by atoms with van der Waals surface area (Å²) in [7, 11) is 0. The molecule has 1 aromatic heterocycles. The van der Waals surface area contributed by atoms with Gasteiger partial charge in [-0.25, -0.2) is 0 Å². The third kappa shape index (κ3) is 4.06. The Hall–Kier alpha value is -2.78. The highest BCUT2D eigenvalue weighted by atomic mass is 32.1. The smallest absolute Gasteiger partial charge is 0.343 e. The highest BCUT2D eigenvalue weighted by Crippen LogP contribution is 2.20. The molecule has 3 rings (SSSR count). The zero-order valence-corrected chi connectivity index (χ0v) is 15.3. The van der Waals surface area contributed by atoms with E-state index in [9.17, 15) is 14.9 Å². The molecule has 1 fully saturated rings. The summed E-state index contributed by atoms with van der Waals surface area (Å²) < 4.78 is 0. The van der Waals surface area contributed by atoms with E-state index < -0.39 is 10.8 Å². The Morgan fingerprint density at radius 1 is 1.31 bits per heavy atom. The van der Waals surface area contributed by atoms with Gasteiger partial charge in [-0.05, 0) is 23.6 Å². The highest BCUT2D eigenvalue weighted by Gasteiger charge is 2.32. The van der Waals surface area contributed by atoms with Crippen molar-refractivity contribution in [3.8, 4) is 0 Å². The number of thiophene rings is 1. The predicted molar refractivity (Wildman–Crippen MR) is 103 cm³/mol. The zero-order valence-electron chi connectivity index (χ0n) is 13.7. The number of hydrogen-bond acceptors (Lipinski definition) is 7. The topological polar surface area (TPSA) is 87.5 Å². The summed E-state index contributed by atoms with van der Waals surface area (Å²) in [6.45, 7) is 1.75. The number of carbonyl (C=O) groups excluding carboxylic acids is 1. The van der Waals surface area contributed by atoms with Crippen molar-refractivity contribution in [2.24, 2.45) is 0 Å². The SMILES string of the molecule is O=C(NC(=S)/C(=C1\NCCN1Cc1cccs1)[N+](=O)[O-])c1ccccc1. The quantitative estimate of drug-likeness (QED) is 0.354. The standard InChI is InChI=1S/C17H16N4O3S2/c22-16(12-5-2-1-3-6-12)19-17(25)14(21(23)24)15-18-8-9-20(15)11-13-7-4-10-26-13/h1-7,10,18H,8-9,11H2,(H,19,22,25)/b15-14-. The number of hydrogen-bond donors (Lipinski definition) is 2. The van der Waals surface area contributed by atoms with Crippen molar-refractivity contribution >= 4 is 34.5 Å². The van der Waals surface area contributed by atoms with E-state index in [-0.39, 0.29) is 10.7 Å². The van der Waals surface area contributed by atoms with E-state index in [1.165, 1.54) is 0 Å². The van der Waals surface area contributed by atoms with Gasteiger partial charge >= 0.3 is 5.70 Å². The minimum absolute atomic E-state index is 0.204. The molecule has 0 radical (unpaired) electrons. The Balaban J connectivity index is 1.82. The summed E-state index contributed by atoms with van der Waals surface area (Å²) in [5.41, 5.74) is 0.0932. The van der Waals surface area contributed by atoms with Crippen molar-refractivity contribution in [1.82, 2.24) is 15.5 Å². The maximum Gasteiger partial charge on any atom is 0.343 e. The number of nitrogens with one attached hydrogen (secondary N) is 2. The van der Waals surface area contributed by atoms with Gasteiger partial charge in [0.05, 0.1) is 11.5 Å². The summed E-state index contributed by atoms with van der Waals surface area (Å²) in [4.78, 5) is 26.1. The van der Waals surface area contributed by atoms with Gasteiger partial charge in [0.2, 0.25) is 0 Å². The Morgan fingerprint density at radius 2 is 2.08 bits per heavy atom. The van der Waals surface area contributed by atoms with Gasteiger partial charge in [0.15, 0.2) is 10.8 Å². The van der Waals surface area contributed by atoms with Gasteiger partial charge in [-0.3, -0.25) is 14.9 Å². The van der Waals surface area contributed by atoms with Crippen LogP contribution in [0.1, 0.15) is 15.2 Å². The Kier molecular flexibility index (Phi) is 5.59.